The molecule has 1 saturated heterocycles. The van der Waals surface area contributed by atoms with Gasteiger partial charge in [0.1, 0.15) is 6.04 Å². The Bertz CT molecular complexity index is 380. The number of carbonyl (C=O) groups excluding carboxylic acids is 2. The molecular weight excluding hydrogens is 240 g/mol. The number of carboxylic acids is 1. The van der Waals surface area contributed by atoms with Gasteiger partial charge < -0.3 is 20.4 Å². The van der Waals surface area contributed by atoms with Crippen molar-refractivity contribution in [2.24, 2.45) is 5.92 Å². The first kappa shape index (κ1) is 12.8. The van der Waals surface area contributed by atoms with Gasteiger partial charge in [-0.2, -0.15) is 0 Å². The second-order valence-corrected chi connectivity index (χ2v) is 4.76. The second kappa shape index (κ2) is 4.93. The highest BCUT2D eigenvalue weighted by molar-refractivity contribution is 5.91. The third-order valence-electron chi connectivity index (χ3n) is 3.31. The molecule has 0 aromatic carbocycles. The maximum atomic E-state index is 11.8. The third kappa shape index (κ3) is 2.61. The molecule has 1 aliphatic heterocycles. The fourth-order valence-corrected chi connectivity index (χ4v) is 2.12. The average Bonchev–Trinajstić information content (AvgIpc) is 3.08. The van der Waals surface area contributed by atoms with Gasteiger partial charge in [0.2, 0.25) is 11.8 Å². The van der Waals surface area contributed by atoms with Crippen LogP contribution in [0.1, 0.15) is 19.3 Å². The number of carbonyl (C=O) groups is 3. The van der Waals surface area contributed by atoms with Crippen LogP contribution in [0.15, 0.2) is 0 Å². The van der Waals surface area contributed by atoms with Crippen LogP contribution in [0.3, 0.4) is 0 Å². The van der Waals surface area contributed by atoms with E-state index in [1.54, 1.807) is 4.90 Å². The number of aliphatic hydroxyl groups is 1. The van der Waals surface area contributed by atoms with Crippen molar-refractivity contribution in [2.45, 2.75) is 31.3 Å². The molecule has 0 radical (unpaired) electrons. The molecule has 2 rings (SSSR count). The Hall–Kier alpha value is -1.63. The Morgan fingerprint density at radius 2 is 2.11 bits per heavy atom. The van der Waals surface area contributed by atoms with E-state index >= 15 is 0 Å². The van der Waals surface area contributed by atoms with Crippen LogP contribution in [-0.4, -0.2) is 58.1 Å². The average molecular weight is 256 g/mol. The molecule has 2 fully saturated rings. The first-order valence-electron chi connectivity index (χ1n) is 5.96. The topological polar surface area (TPSA) is 107 Å². The summed E-state index contributed by atoms with van der Waals surface area (Å²) >= 11 is 0. The van der Waals surface area contributed by atoms with Crippen molar-refractivity contribution in [2.75, 3.05) is 13.2 Å². The lowest BCUT2D eigenvalue weighted by Gasteiger charge is -2.17. The summed E-state index contributed by atoms with van der Waals surface area (Å²) in [7, 11) is 0. The summed E-state index contributed by atoms with van der Waals surface area (Å²) in [5, 5.41) is 19.8. The molecular formula is C11H16N2O5. The van der Waals surface area contributed by atoms with E-state index in [1.807, 2.05) is 0 Å². The maximum Gasteiger partial charge on any atom is 0.328 e. The number of hydrogen-bond donors (Lipinski definition) is 3. The summed E-state index contributed by atoms with van der Waals surface area (Å²) in [6, 6.07) is -1.04. The standard InChI is InChI=1S/C11H16N2O5/c14-5-8(11(17)18)12-10(16)6-3-9(15)13(4-6)7-1-2-7/h6-8,14H,1-5H2,(H,12,16)(H,17,18)/t6?,8-/m1/s1. The number of nitrogens with zero attached hydrogens (tertiary/aromatic N) is 1. The molecule has 1 unspecified atom stereocenters. The highest BCUT2D eigenvalue weighted by atomic mass is 16.4. The Labute approximate surface area is 104 Å². The van der Waals surface area contributed by atoms with Crippen LogP contribution in [0.25, 0.3) is 0 Å². The van der Waals surface area contributed by atoms with Gasteiger partial charge in [0, 0.05) is 19.0 Å². The Morgan fingerprint density at radius 3 is 2.61 bits per heavy atom. The van der Waals surface area contributed by atoms with Crippen molar-refractivity contribution in [1.29, 1.82) is 0 Å². The van der Waals surface area contributed by atoms with Crippen molar-refractivity contribution in [3.05, 3.63) is 0 Å². The lowest BCUT2D eigenvalue weighted by atomic mass is 10.1. The molecule has 3 N–H and O–H groups in total. The smallest absolute Gasteiger partial charge is 0.328 e. The summed E-state index contributed by atoms with van der Waals surface area (Å²) in [6.07, 6.45) is 2.09. The molecule has 1 aliphatic carbocycles. The zero-order valence-corrected chi connectivity index (χ0v) is 9.83. The lowest BCUT2D eigenvalue weighted by Crippen LogP contribution is -2.46. The molecule has 18 heavy (non-hydrogen) atoms. The van der Waals surface area contributed by atoms with E-state index in [0.717, 1.165) is 12.8 Å². The van der Waals surface area contributed by atoms with Crippen molar-refractivity contribution < 1.29 is 24.6 Å². The van der Waals surface area contributed by atoms with Crippen LogP contribution in [0.4, 0.5) is 0 Å². The van der Waals surface area contributed by atoms with E-state index in [1.165, 1.54) is 0 Å². The summed E-state index contributed by atoms with van der Waals surface area (Å²) in [6.45, 7) is -0.304. The Balaban J connectivity index is 1.90. The normalized spacial score (nSPS) is 25.1. The van der Waals surface area contributed by atoms with E-state index < -0.39 is 30.4 Å². The van der Waals surface area contributed by atoms with Gasteiger partial charge in [-0.05, 0) is 12.8 Å². The minimum absolute atomic E-state index is 0.0477. The van der Waals surface area contributed by atoms with Gasteiger partial charge in [-0.25, -0.2) is 4.79 Å². The molecule has 2 aliphatic rings. The quantitative estimate of drug-likeness (QED) is 0.558. The van der Waals surface area contributed by atoms with Crippen LogP contribution in [0.5, 0.6) is 0 Å². The summed E-state index contributed by atoms with van der Waals surface area (Å²) < 4.78 is 0. The molecule has 0 aromatic heterocycles. The van der Waals surface area contributed by atoms with E-state index in [-0.39, 0.29) is 18.4 Å². The van der Waals surface area contributed by atoms with Crippen LogP contribution in [0, 0.1) is 5.92 Å². The lowest BCUT2D eigenvalue weighted by molar-refractivity contribution is -0.143. The van der Waals surface area contributed by atoms with Gasteiger partial charge >= 0.3 is 5.97 Å². The minimum atomic E-state index is -1.30. The van der Waals surface area contributed by atoms with E-state index in [4.69, 9.17) is 10.2 Å². The number of carboxylic acid groups (broad SMARTS) is 1. The number of nitrogens with one attached hydrogen (secondary N) is 1. The summed E-state index contributed by atoms with van der Waals surface area (Å²) in [4.78, 5) is 35.8. The van der Waals surface area contributed by atoms with Gasteiger partial charge in [-0.3, -0.25) is 9.59 Å². The summed E-state index contributed by atoms with van der Waals surface area (Å²) in [5.74, 6) is -2.32. The molecule has 0 spiro atoms. The van der Waals surface area contributed by atoms with E-state index in [9.17, 15) is 14.4 Å². The molecule has 1 heterocycles. The van der Waals surface area contributed by atoms with Crippen LogP contribution in [-0.2, 0) is 14.4 Å². The number of hydrogen-bond acceptors (Lipinski definition) is 4. The Morgan fingerprint density at radius 1 is 1.44 bits per heavy atom. The number of aliphatic hydroxyl groups excluding tert-OH is 1. The highest BCUT2D eigenvalue weighted by Crippen LogP contribution is 2.32. The Kier molecular flexibility index (Phi) is 3.51. The van der Waals surface area contributed by atoms with Gasteiger partial charge in [0.15, 0.2) is 0 Å². The molecule has 7 nitrogen and oxygen atoms in total. The molecule has 7 heteroatoms. The number of aliphatic carboxylic acids is 1. The number of likely N-dealkylation sites (tertiary alicyclic amines) is 1. The summed E-state index contributed by atoms with van der Waals surface area (Å²) in [5.41, 5.74) is 0. The van der Waals surface area contributed by atoms with E-state index in [0.29, 0.717) is 6.54 Å². The molecule has 2 amide bonds. The van der Waals surface area contributed by atoms with Crippen molar-refractivity contribution in [1.82, 2.24) is 10.2 Å². The van der Waals surface area contributed by atoms with Crippen LogP contribution >= 0.6 is 0 Å². The largest absolute Gasteiger partial charge is 0.480 e. The monoisotopic (exact) mass is 256 g/mol. The van der Waals surface area contributed by atoms with Crippen molar-refractivity contribution in [3.8, 4) is 0 Å². The highest BCUT2D eigenvalue weighted by Gasteiger charge is 2.42. The van der Waals surface area contributed by atoms with Crippen molar-refractivity contribution in [3.63, 3.8) is 0 Å². The van der Waals surface area contributed by atoms with E-state index in [2.05, 4.69) is 5.32 Å². The third-order valence-corrected chi connectivity index (χ3v) is 3.31. The first-order valence-corrected chi connectivity index (χ1v) is 5.96. The number of amides is 2. The van der Waals surface area contributed by atoms with Gasteiger partial charge in [-0.1, -0.05) is 0 Å². The fourth-order valence-electron chi connectivity index (χ4n) is 2.12. The zero-order valence-electron chi connectivity index (χ0n) is 9.83. The molecule has 0 bridgehead atoms. The minimum Gasteiger partial charge on any atom is -0.480 e. The fraction of sp³-hybridized carbons (Fsp3) is 0.727. The predicted molar refractivity (Wildman–Crippen MR) is 59.5 cm³/mol. The van der Waals surface area contributed by atoms with Crippen molar-refractivity contribution >= 4 is 17.8 Å². The van der Waals surface area contributed by atoms with Gasteiger partial charge in [-0.15, -0.1) is 0 Å². The predicted octanol–water partition coefficient (Wildman–Crippen LogP) is -1.44. The zero-order chi connectivity index (χ0) is 13.3. The molecule has 100 valence electrons. The van der Waals surface area contributed by atoms with Crippen LogP contribution < -0.4 is 5.32 Å². The van der Waals surface area contributed by atoms with Crippen LogP contribution in [0.2, 0.25) is 0 Å². The molecule has 0 aromatic rings. The first-order chi connectivity index (χ1) is 8.52. The molecule has 2 atom stereocenters. The second-order valence-electron chi connectivity index (χ2n) is 4.76. The van der Waals surface area contributed by atoms with Gasteiger partial charge in [0.05, 0.1) is 12.5 Å². The maximum absolute atomic E-state index is 11.8. The molecule has 1 saturated carbocycles. The SMILES string of the molecule is O=C(N[C@H](CO)C(=O)O)C1CC(=O)N(C2CC2)C1. The van der Waals surface area contributed by atoms with Gasteiger partial charge in [0.25, 0.3) is 0 Å². The number of rotatable bonds is 5.